The highest BCUT2D eigenvalue weighted by Crippen LogP contribution is 2.24. The van der Waals surface area contributed by atoms with Gasteiger partial charge in [0.1, 0.15) is 12.3 Å². The topological polar surface area (TPSA) is 81.7 Å². The number of nitrogens with one attached hydrogen (secondary N) is 1. The van der Waals surface area contributed by atoms with Gasteiger partial charge in [-0.2, -0.15) is 4.72 Å². The number of benzene rings is 1. The second kappa shape index (κ2) is 6.09. The molecule has 0 aliphatic carbocycles. The summed E-state index contributed by atoms with van der Waals surface area (Å²) in [6.07, 6.45) is -4.93. The molecule has 0 spiro atoms. The molecule has 1 aromatic carbocycles. The summed E-state index contributed by atoms with van der Waals surface area (Å²) in [6.45, 7) is -0.636. The lowest BCUT2D eigenvalue weighted by molar-refractivity contribution is -0.274. The number of carbonyl (C=O) groups is 1. The molecule has 0 saturated carbocycles. The third-order valence-electron chi connectivity index (χ3n) is 1.98. The Bertz CT molecular complexity index is 585. The number of halogens is 3. The quantitative estimate of drug-likeness (QED) is 0.821. The van der Waals surface area contributed by atoms with E-state index in [1.807, 2.05) is 4.72 Å². The number of alkyl halides is 3. The van der Waals surface area contributed by atoms with Gasteiger partial charge in [0.2, 0.25) is 10.0 Å². The van der Waals surface area contributed by atoms with Crippen LogP contribution in [0.1, 0.15) is 0 Å². The van der Waals surface area contributed by atoms with Crippen LogP contribution in [0, 0.1) is 0 Å². The first-order valence-corrected chi connectivity index (χ1v) is 6.54. The molecule has 0 saturated heterocycles. The van der Waals surface area contributed by atoms with Crippen molar-refractivity contribution in [3.63, 3.8) is 0 Å². The SMILES string of the molecule is COC(=O)CNS(=O)(=O)c1cccc(OC(F)(F)F)c1. The molecule has 0 aromatic heterocycles. The Kier molecular flexibility index (Phi) is 4.95. The highest BCUT2D eigenvalue weighted by atomic mass is 32.2. The summed E-state index contributed by atoms with van der Waals surface area (Å²) in [6, 6.07) is 3.77. The minimum Gasteiger partial charge on any atom is -0.468 e. The summed E-state index contributed by atoms with van der Waals surface area (Å²) in [5, 5.41) is 0. The fourth-order valence-corrected chi connectivity index (χ4v) is 2.15. The molecular formula is C10H10F3NO5S. The number of methoxy groups -OCH3 is 1. The van der Waals surface area contributed by atoms with Crippen molar-refractivity contribution >= 4 is 16.0 Å². The van der Waals surface area contributed by atoms with Gasteiger partial charge >= 0.3 is 12.3 Å². The van der Waals surface area contributed by atoms with Crippen LogP contribution >= 0.6 is 0 Å². The maximum absolute atomic E-state index is 12.0. The van der Waals surface area contributed by atoms with Gasteiger partial charge in [-0.25, -0.2) is 8.42 Å². The molecule has 0 aliphatic rings. The highest BCUT2D eigenvalue weighted by molar-refractivity contribution is 7.89. The summed E-state index contributed by atoms with van der Waals surface area (Å²) in [5.74, 6) is -1.52. The van der Waals surface area contributed by atoms with Crippen molar-refractivity contribution < 1.29 is 35.9 Å². The van der Waals surface area contributed by atoms with Crippen molar-refractivity contribution in [1.29, 1.82) is 0 Å². The lowest BCUT2D eigenvalue weighted by Gasteiger charge is -2.10. The number of hydrogen-bond acceptors (Lipinski definition) is 5. The van der Waals surface area contributed by atoms with Crippen molar-refractivity contribution in [3.8, 4) is 5.75 Å². The molecule has 0 bridgehead atoms. The lowest BCUT2D eigenvalue weighted by atomic mass is 10.3. The molecule has 0 fully saturated rings. The standard InChI is InChI=1S/C10H10F3NO5S/c1-18-9(15)6-14-20(16,17)8-4-2-3-7(5-8)19-10(11,12)13/h2-5,14H,6H2,1H3. The first kappa shape index (κ1) is 16.2. The summed E-state index contributed by atoms with van der Waals surface area (Å²) >= 11 is 0. The Morgan fingerprint density at radius 1 is 1.35 bits per heavy atom. The van der Waals surface area contributed by atoms with Crippen molar-refractivity contribution in [3.05, 3.63) is 24.3 Å². The zero-order valence-electron chi connectivity index (χ0n) is 10.1. The molecule has 10 heteroatoms. The molecule has 0 unspecified atom stereocenters. The van der Waals surface area contributed by atoms with Crippen molar-refractivity contribution in [1.82, 2.24) is 4.72 Å². The van der Waals surface area contributed by atoms with Crippen LogP contribution in [-0.2, 0) is 19.6 Å². The van der Waals surface area contributed by atoms with Crippen LogP contribution in [0.2, 0.25) is 0 Å². The van der Waals surface area contributed by atoms with Gasteiger partial charge in [-0.05, 0) is 12.1 Å². The predicted octanol–water partition coefficient (Wildman–Crippen LogP) is 1.04. The minimum atomic E-state index is -4.93. The first-order valence-electron chi connectivity index (χ1n) is 5.06. The Hall–Kier alpha value is -1.81. The number of hydrogen-bond donors (Lipinski definition) is 1. The Balaban J connectivity index is 2.90. The first-order chi connectivity index (χ1) is 9.14. The van der Waals surface area contributed by atoms with Gasteiger partial charge in [-0.1, -0.05) is 6.07 Å². The van der Waals surface area contributed by atoms with Crippen molar-refractivity contribution in [2.24, 2.45) is 0 Å². The fourth-order valence-electron chi connectivity index (χ4n) is 1.15. The Morgan fingerprint density at radius 2 is 2.00 bits per heavy atom. The molecule has 0 atom stereocenters. The molecule has 0 radical (unpaired) electrons. The molecule has 1 N–H and O–H groups in total. The summed E-state index contributed by atoms with van der Waals surface area (Å²) < 4.78 is 69.2. The molecule has 112 valence electrons. The maximum Gasteiger partial charge on any atom is 0.573 e. The summed E-state index contributed by atoms with van der Waals surface area (Å²) in [4.78, 5) is 10.4. The average molecular weight is 313 g/mol. The van der Waals surface area contributed by atoms with Crippen LogP contribution in [-0.4, -0.2) is 34.4 Å². The van der Waals surface area contributed by atoms with Gasteiger partial charge in [-0.3, -0.25) is 4.79 Å². The molecule has 20 heavy (non-hydrogen) atoms. The normalized spacial score (nSPS) is 12.0. The van der Waals surface area contributed by atoms with E-state index in [0.717, 1.165) is 25.3 Å². The van der Waals surface area contributed by atoms with E-state index in [9.17, 15) is 26.4 Å². The Labute approximate surface area is 112 Å². The monoisotopic (exact) mass is 313 g/mol. The molecule has 1 aromatic rings. The third-order valence-corrected chi connectivity index (χ3v) is 3.38. The molecular weight excluding hydrogens is 303 g/mol. The molecule has 6 nitrogen and oxygen atoms in total. The largest absolute Gasteiger partial charge is 0.573 e. The van der Waals surface area contributed by atoms with Crippen LogP contribution < -0.4 is 9.46 Å². The number of sulfonamides is 1. The highest BCUT2D eigenvalue weighted by Gasteiger charge is 2.31. The van der Waals surface area contributed by atoms with E-state index < -0.39 is 39.5 Å². The fraction of sp³-hybridized carbons (Fsp3) is 0.300. The van der Waals surface area contributed by atoms with Crippen LogP contribution in [0.5, 0.6) is 5.75 Å². The lowest BCUT2D eigenvalue weighted by Crippen LogP contribution is -2.30. The third kappa shape index (κ3) is 5.05. The van der Waals surface area contributed by atoms with Crippen LogP contribution in [0.15, 0.2) is 29.2 Å². The van der Waals surface area contributed by atoms with E-state index in [1.54, 1.807) is 0 Å². The van der Waals surface area contributed by atoms with E-state index in [2.05, 4.69) is 9.47 Å². The van der Waals surface area contributed by atoms with Crippen LogP contribution in [0.25, 0.3) is 0 Å². The van der Waals surface area contributed by atoms with E-state index >= 15 is 0 Å². The van der Waals surface area contributed by atoms with Crippen molar-refractivity contribution in [2.75, 3.05) is 13.7 Å². The Morgan fingerprint density at radius 3 is 2.55 bits per heavy atom. The molecule has 1 rings (SSSR count). The minimum absolute atomic E-state index is 0.469. The van der Waals surface area contributed by atoms with Gasteiger partial charge in [0.25, 0.3) is 0 Å². The van der Waals surface area contributed by atoms with Crippen molar-refractivity contribution in [2.45, 2.75) is 11.3 Å². The van der Waals surface area contributed by atoms with E-state index in [1.165, 1.54) is 0 Å². The van der Waals surface area contributed by atoms with Gasteiger partial charge in [-0.15, -0.1) is 13.2 Å². The molecule has 0 amide bonds. The van der Waals surface area contributed by atoms with Crippen LogP contribution in [0.3, 0.4) is 0 Å². The predicted molar refractivity (Wildman–Crippen MR) is 60.3 cm³/mol. The number of carbonyl (C=O) groups excluding carboxylic acids is 1. The molecule has 0 heterocycles. The number of ether oxygens (including phenoxy) is 2. The second-order valence-corrected chi connectivity index (χ2v) is 5.19. The number of rotatable bonds is 5. The van der Waals surface area contributed by atoms with Gasteiger partial charge in [0, 0.05) is 6.07 Å². The molecule has 0 aliphatic heterocycles. The zero-order valence-corrected chi connectivity index (χ0v) is 10.9. The smallest absolute Gasteiger partial charge is 0.468 e. The van der Waals surface area contributed by atoms with E-state index in [0.29, 0.717) is 6.07 Å². The van der Waals surface area contributed by atoms with Gasteiger partial charge in [0.15, 0.2) is 0 Å². The number of esters is 1. The van der Waals surface area contributed by atoms with E-state index in [4.69, 9.17) is 0 Å². The van der Waals surface area contributed by atoms with Gasteiger partial charge < -0.3 is 9.47 Å². The van der Waals surface area contributed by atoms with Gasteiger partial charge in [0.05, 0.1) is 12.0 Å². The van der Waals surface area contributed by atoms with E-state index in [-0.39, 0.29) is 0 Å². The zero-order chi connectivity index (χ0) is 15.4. The second-order valence-electron chi connectivity index (χ2n) is 3.42. The summed E-state index contributed by atoms with van der Waals surface area (Å²) in [7, 11) is -3.08. The van der Waals surface area contributed by atoms with Crippen LogP contribution in [0.4, 0.5) is 13.2 Å². The average Bonchev–Trinajstić information content (AvgIpc) is 2.34. The maximum atomic E-state index is 12.0. The summed E-state index contributed by atoms with van der Waals surface area (Å²) in [5.41, 5.74) is 0.